The molecule has 2 rings (SSSR count). The Morgan fingerprint density at radius 2 is 2.42 bits per heavy atom. The fourth-order valence-electron chi connectivity index (χ4n) is 2.12. The fraction of sp³-hybridized carbons (Fsp3) is 0.429. The van der Waals surface area contributed by atoms with E-state index >= 15 is 0 Å². The standard InChI is InChI=1S/C14H17N3OS/c1-2-19-13-5-3-4-12(11(13)8-15)17-10-6-7-14(18)16-9-10/h3-5,10,17H,2,6-7,9H2,1H3,(H,16,18). The summed E-state index contributed by atoms with van der Waals surface area (Å²) < 4.78 is 0. The van der Waals surface area contributed by atoms with Crippen molar-refractivity contribution in [3.05, 3.63) is 23.8 Å². The predicted octanol–water partition coefficient (Wildman–Crippen LogP) is 2.36. The van der Waals surface area contributed by atoms with Crippen molar-refractivity contribution in [2.24, 2.45) is 0 Å². The van der Waals surface area contributed by atoms with Crippen LogP contribution in [0.3, 0.4) is 0 Å². The summed E-state index contributed by atoms with van der Waals surface area (Å²) in [6.45, 7) is 2.69. The van der Waals surface area contributed by atoms with Crippen molar-refractivity contribution >= 4 is 23.4 Å². The quantitative estimate of drug-likeness (QED) is 0.828. The van der Waals surface area contributed by atoms with Crippen LogP contribution in [0.4, 0.5) is 5.69 Å². The maximum Gasteiger partial charge on any atom is 0.220 e. The van der Waals surface area contributed by atoms with Crippen molar-refractivity contribution < 1.29 is 4.79 Å². The van der Waals surface area contributed by atoms with Crippen molar-refractivity contribution in [3.8, 4) is 6.07 Å². The number of anilines is 1. The van der Waals surface area contributed by atoms with Gasteiger partial charge in [0.15, 0.2) is 0 Å². The topological polar surface area (TPSA) is 64.9 Å². The molecule has 0 radical (unpaired) electrons. The van der Waals surface area contributed by atoms with E-state index in [2.05, 4.69) is 23.6 Å². The molecule has 1 aromatic carbocycles. The third kappa shape index (κ3) is 3.42. The third-order valence-electron chi connectivity index (χ3n) is 3.06. The number of nitrogens with zero attached hydrogens (tertiary/aromatic N) is 1. The molecule has 1 atom stereocenters. The molecule has 0 bridgehead atoms. The van der Waals surface area contributed by atoms with Crippen LogP contribution in [0.25, 0.3) is 0 Å². The molecule has 1 saturated heterocycles. The Morgan fingerprint density at radius 3 is 3.05 bits per heavy atom. The normalized spacial score (nSPS) is 18.5. The van der Waals surface area contributed by atoms with E-state index in [4.69, 9.17) is 0 Å². The minimum atomic E-state index is 0.105. The number of hydrogen-bond donors (Lipinski definition) is 2. The lowest BCUT2D eigenvalue weighted by molar-refractivity contribution is -0.122. The summed E-state index contributed by atoms with van der Waals surface area (Å²) in [5.74, 6) is 1.05. The molecular formula is C14H17N3OS. The first kappa shape index (κ1) is 13.8. The van der Waals surface area contributed by atoms with Gasteiger partial charge in [0.05, 0.1) is 11.3 Å². The molecule has 0 saturated carbocycles. The van der Waals surface area contributed by atoms with Crippen molar-refractivity contribution in [2.45, 2.75) is 30.7 Å². The van der Waals surface area contributed by atoms with E-state index in [-0.39, 0.29) is 11.9 Å². The molecule has 0 aliphatic carbocycles. The molecule has 1 aliphatic heterocycles. The van der Waals surface area contributed by atoms with E-state index < -0.39 is 0 Å². The highest BCUT2D eigenvalue weighted by Crippen LogP contribution is 2.28. The van der Waals surface area contributed by atoms with Gasteiger partial charge in [-0.05, 0) is 24.3 Å². The van der Waals surface area contributed by atoms with Gasteiger partial charge in [0.25, 0.3) is 0 Å². The number of carbonyl (C=O) groups excluding carboxylic acids is 1. The zero-order chi connectivity index (χ0) is 13.7. The second-order valence-corrected chi connectivity index (χ2v) is 5.71. The molecule has 1 heterocycles. The number of amides is 1. The Hall–Kier alpha value is -1.67. The average molecular weight is 275 g/mol. The van der Waals surface area contributed by atoms with Gasteiger partial charge in [-0.3, -0.25) is 4.79 Å². The second kappa shape index (κ2) is 6.48. The number of nitrogens with one attached hydrogen (secondary N) is 2. The monoisotopic (exact) mass is 275 g/mol. The predicted molar refractivity (Wildman–Crippen MR) is 77.2 cm³/mol. The fourth-order valence-corrected chi connectivity index (χ4v) is 2.90. The van der Waals surface area contributed by atoms with Crippen LogP contribution in [-0.4, -0.2) is 24.2 Å². The van der Waals surface area contributed by atoms with Crippen molar-refractivity contribution in [2.75, 3.05) is 17.6 Å². The van der Waals surface area contributed by atoms with E-state index in [0.717, 1.165) is 22.8 Å². The lowest BCUT2D eigenvalue weighted by Crippen LogP contribution is -2.42. The molecule has 5 heteroatoms. The van der Waals surface area contributed by atoms with Gasteiger partial charge in [-0.25, -0.2) is 0 Å². The Bertz CT molecular complexity index is 500. The molecule has 2 N–H and O–H groups in total. The Balaban J connectivity index is 2.13. The van der Waals surface area contributed by atoms with Crippen LogP contribution < -0.4 is 10.6 Å². The van der Waals surface area contributed by atoms with Gasteiger partial charge in [-0.1, -0.05) is 13.0 Å². The lowest BCUT2D eigenvalue weighted by atomic mass is 10.1. The molecule has 1 aromatic rings. The highest BCUT2D eigenvalue weighted by Gasteiger charge is 2.19. The SMILES string of the molecule is CCSc1cccc(NC2CCC(=O)NC2)c1C#N. The summed E-state index contributed by atoms with van der Waals surface area (Å²) in [4.78, 5) is 12.1. The summed E-state index contributed by atoms with van der Waals surface area (Å²) >= 11 is 1.67. The van der Waals surface area contributed by atoms with E-state index in [1.807, 2.05) is 18.2 Å². The van der Waals surface area contributed by atoms with Gasteiger partial charge < -0.3 is 10.6 Å². The molecule has 1 unspecified atom stereocenters. The minimum Gasteiger partial charge on any atom is -0.379 e. The van der Waals surface area contributed by atoms with E-state index in [1.165, 1.54) is 0 Å². The van der Waals surface area contributed by atoms with Gasteiger partial charge in [0, 0.05) is 23.9 Å². The van der Waals surface area contributed by atoms with Crippen molar-refractivity contribution in [1.29, 1.82) is 5.26 Å². The zero-order valence-corrected chi connectivity index (χ0v) is 11.7. The molecule has 4 nitrogen and oxygen atoms in total. The summed E-state index contributed by atoms with van der Waals surface area (Å²) in [5, 5.41) is 15.5. The Morgan fingerprint density at radius 1 is 1.58 bits per heavy atom. The van der Waals surface area contributed by atoms with E-state index in [0.29, 0.717) is 18.5 Å². The molecule has 1 amide bonds. The lowest BCUT2D eigenvalue weighted by Gasteiger charge is -2.25. The molecule has 1 fully saturated rings. The molecule has 1 aliphatic rings. The Labute approximate surface area is 117 Å². The first-order valence-corrected chi connectivity index (χ1v) is 7.42. The minimum absolute atomic E-state index is 0.105. The smallest absolute Gasteiger partial charge is 0.220 e. The van der Waals surface area contributed by atoms with Crippen molar-refractivity contribution in [3.63, 3.8) is 0 Å². The van der Waals surface area contributed by atoms with Crippen molar-refractivity contribution in [1.82, 2.24) is 5.32 Å². The summed E-state index contributed by atoms with van der Waals surface area (Å²) in [7, 11) is 0. The highest BCUT2D eigenvalue weighted by molar-refractivity contribution is 7.99. The number of rotatable bonds is 4. The van der Waals surface area contributed by atoms with Crippen LogP contribution in [-0.2, 0) is 4.79 Å². The van der Waals surface area contributed by atoms with Gasteiger partial charge in [-0.15, -0.1) is 11.8 Å². The van der Waals surface area contributed by atoms with Crippen LogP contribution in [0.15, 0.2) is 23.1 Å². The average Bonchev–Trinajstić information content (AvgIpc) is 2.42. The molecule has 0 spiro atoms. The van der Waals surface area contributed by atoms with Crippen LogP contribution in [0, 0.1) is 11.3 Å². The van der Waals surface area contributed by atoms with Gasteiger partial charge >= 0.3 is 0 Å². The maximum absolute atomic E-state index is 11.1. The first-order chi connectivity index (χ1) is 9.24. The number of carbonyl (C=O) groups is 1. The summed E-state index contributed by atoms with van der Waals surface area (Å²) in [6.07, 6.45) is 1.35. The zero-order valence-electron chi connectivity index (χ0n) is 10.9. The summed E-state index contributed by atoms with van der Waals surface area (Å²) in [5.41, 5.74) is 1.56. The van der Waals surface area contributed by atoms with Gasteiger partial charge in [0.2, 0.25) is 5.91 Å². The maximum atomic E-state index is 11.1. The molecule has 19 heavy (non-hydrogen) atoms. The van der Waals surface area contributed by atoms with Crippen LogP contribution in [0.1, 0.15) is 25.3 Å². The first-order valence-electron chi connectivity index (χ1n) is 6.43. The van der Waals surface area contributed by atoms with E-state index in [1.54, 1.807) is 11.8 Å². The molecule has 100 valence electrons. The van der Waals surface area contributed by atoms with Crippen LogP contribution >= 0.6 is 11.8 Å². The number of piperidine rings is 1. The number of nitriles is 1. The Kier molecular flexibility index (Phi) is 4.69. The van der Waals surface area contributed by atoms with Crippen LogP contribution in [0.2, 0.25) is 0 Å². The number of benzene rings is 1. The van der Waals surface area contributed by atoms with Gasteiger partial charge in [0.1, 0.15) is 6.07 Å². The van der Waals surface area contributed by atoms with Crippen LogP contribution in [0.5, 0.6) is 0 Å². The summed E-state index contributed by atoms with van der Waals surface area (Å²) in [6, 6.07) is 8.34. The largest absolute Gasteiger partial charge is 0.379 e. The van der Waals surface area contributed by atoms with E-state index in [9.17, 15) is 10.1 Å². The third-order valence-corrected chi connectivity index (χ3v) is 4.00. The highest BCUT2D eigenvalue weighted by atomic mass is 32.2. The second-order valence-electron chi connectivity index (χ2n) is 4.41. The number of thioether (sulfide) groups is 1. The molecular weight excluding hydrogens is 258 g/mol. The molecule has 0 aromatic heterocycles. The number of hydrogen-bond acceptors (Lipinski definition) is 4. The van der Waals surface area contributed by atoms with Gasteiger partial charge in [-0.2, -0.15) is 5.26 Å².